The number of fused-ring (bicyclic) bond motifs is 2. The number of hydrogen-bond acceptors (Lipinski definition) is 3. The number of aromatic nitrogens is 3. The summed E-state index contributed by atoms with van der Waals surface area (Å²) in [7, 11) is 0. The topological polar surface area (TPSA) is 42.7 Å². The second kappa shape index (κ2) is 6.80. The van der Waals surface area contributed by atoms with Crippen molar-refractivity contribution in [2.75, 3.05) is 13.1 Å². The smallest absolute Gasteiger partial charge is 0.133 e. The lowest BCUT2D eigenvalue weighted by atomic mass is 9.94. The maximum Gasteiger partial charge on any atom is 0.133 e. The van der Waals surface area contributed by atoms with Gasteiger partial charge in [0.1, 0.15) is 11.6 Å². The van der Waals surface area contributed by atoms with Gasteiger partial charge in [0.25, 0.3) is 0 Å². The van der Waals surface area contributed by atoms with Crippen molar-refractivity contribution < 1.29 is 0 Å². The summed E-state index contributed by atoms with van der Waals surface area (Å²) in [5.74, 6) is 3.11. The molecule has 1 N–H and O–H groups in total. The van der Waals surface area contributed by atoms with E-state index in [0.717, 1.165) is 50.6 Å². The molecule has 0 aliphatic carbocycles. The normalized spacial score (nSPS) is 18.0. The van der Waals surface area contributed by atoms with Gasteiger partial charge >= 0.3 is 0 Å². The molecule has 4 nitrogen and oxygen atoms in total. The highest BCUT2D eigenvalue weighted by atomic mass is 35.5. The Hall–Kier alpha value is -1.39. The number of halogens is 1. The van der Waals surface area contributed by atoms with E-state index in [-0.39, 0.29) is 12.4 Å². The van der Waals surface area contributed by atoms with Gasteiger partial charge in [0.15, 0.2) is 0 Å². The van der Waals surface area contributed by atoms with Crippen LogP contribution in [-0.2, 0) is 25.8 Å². The summed E-state index contributed by atoms with van der Waals surface area (Å²) in [6.07, 6.45) is 5.70. The minimum atomic E-state index is 0. The van der Waals surface area contributed by atoms with Crippen LogP contribution in [0.3, 0.4) is 0 Å². The Kier molecular flexibility index (Phi) is 4.79. The minimum Gasteiger partial charge on any atom is -0.317 e. The summed E-state index contributed by atoms with van der Waals surface area (Å²) in [6, 6.07) is 8.78. The summed E-state index contributed by atoms with van der Waals surface area (Å²) >= 11 is 0. The van der Waals surface area contributed by atoms with E-state index in [1.54, 1.807) is 0 Å². The van der Waals surface area contributed by atoms with E-state index in [4.69, 9.17) is 0 Å². The zero-order valence-corrected chi connectivity index (χ0v) is 13.6. The number of piperidine rings is 1. The molecule has 2 aliphatic heterocycles. The van der Waals surface area contributed by atoms with Crippen LogP contribution in [0.15, 0.2) is 24.3 Å². The van der Waals surface area contributed by atoms with E-state index in [9.17, 15) is 0 Å². The molecule has 0 spiro atoms. The largest absolute Gasteiger partial charge is 0.317 e. The van der Waals surface area contributed by atoms with Gasteiger partial charge < -0.3 is 9.88 Å². The molecule has 0 amide bonds. The number of rotatable bonds is 2. The lowest BCUT2D eigenvalue weighted by Crippen LogP contribution is -2.29. The molecule has 5 heteroatoms. The molecule has 2 aromatic rings. The first-order valence-electron chi connectivity index (χ1n) is 8.08. The Morgan fingerprint density at radius 3 is 2.64 bits per heavy atom. The summed E-state index contributed by atoms with van der Waals surface area (Å²) < 4.78 is 2.37. The highest BCUT2D eigenvalue weighted by molar-refractivity contribution is 5.85. The molecule has 1 saturated heterocycles. The van der Waals surface area contributed by atoms with Crippen LogP contribution in [-0.4, -0.2) is 27.9 Å². The van der Waals surface area contributed by atoms with Crippen molar-refractivity contribution in [3.8, 4) is 0 Å². The molecule has 0 saturated carbocycles. The average Bonchev–Trinajstić information content (AvgIpc) is 2.80. The summed E-state index contributed by atoms with van der Waals surface area (Å²) in [4.78, 5) is 0. The predicted octanol–water partition coefficient (Wildman–Crippen LogP) is 2.39. The first-order chi connectivity index (χ1) is 10.4. The Morgan fingerprint density at radius 1 is 1.05 bits per heavy atom. The molecule has 0 atom stereocenters. The molecule has 4 rings (SSSR count). The fourth-order valence-corrected chi connectivity index (χ4v) is 3.61. The lowest BCUT2D eigenvalue weighted by Gasteiger charge is -2.22. The van der Waals surface area contributed by atoms with Crippen molar-refractivity contribution >= 4 is 12.4 Å². The van der Waals surface area contributed by atoms with Crippen molar-refractivity contribution in [3.05, 3.63) is 47.0 Å². The molecule has 2 aliphatic rings. The van der Waals surface area contributed by atoms with Crippen LogP contribution in [0.4, 0.5) is 0 Å². The molecule has 3 heterocycles. The molecule has 118 valence electrons. The van der Waals surface area contributed by atoms with E-state index >= 15 is 0 Å². The lowest BCUT2D eigenvalue weighted by molar-refractivity contribution is 0.363. The Bertz CT molecular complexity index is 631. The van der Waals surface area contributed by atoms with Gasteiger partial charge in [0.05, 0.1) is 6.54 Å². The monoisotopic (exact) mass is 318 g/mol. The van der Waals surface area contributed by atoms with E-state index in [2.05, 4.69) is 44.3 Å². The number of nitrogens with zero attached hydrogens (tertiary/aromatic N) is 3. The highest BCUT2D eigenvalue weighted by Gasteiger charge is 2.21. The minimum absolute atomic E-state index is 0. The van der Waals surface area contributed by atoms with Crippen LogP contribution in [0.5, 0.6) is 0 Å². The maximum absolute atomic E-state index is 4.50. The zero-order chi connectivity index (χ0) is 14.1. The van der Waals surface area contributed by atoms with E-state index in [0.29, 0.717) is 0 Å². The Morgan fingerprint density at radius 2 is 1.82 bits per heavy atom. The number of benzene rings is 1. The Balaban J connectivity index is 0.00000144. The van der Waals surface area contributed by atoms with Gasteiger partial charge in [-0.1, -0.05) is 24.3 Å². The van der Waals surface area contributed by atoms with Crippen LogP contribution in [0, 0.1) is 5.92 Å². The molecule has 0 unspecified atom stereocenters. The van der Waals surface area contributed by atoms with Gasteiger partial charge in [0, 0.05) is 12.8 Å². The van der Waals surface area contributed by atoms with E-state index in [1.807, 2.05) is 0 Å². The number of nitrogens with one attached hydrogen (secondary N) is 1. The van der Waals surface area contributed by atoms with Crippen LogP contribution >= 0.6 is 12.4 Å². The second-order valence-electron chi connectivity index (χ2n) is 6.28. The van der Waals surface area contributed by atoms with Crippen molar-refractivity contribution in [1.29, 1.82) is 0 Å². The fraction of sp³-hybridized carbons (Fsp3) is 0.529. The Labute approximate surface area is 137 Å². The van der Waals surface area contributed by atoms with Crippen molar-refractivity contribution in [2.24, 2.45) is 5.92 Å². The number of aryl methyl sites for hydroxylation is 2. The molecule has 22 heavy (non-hydrogen) atoms. The third-order valence-corrected chi connectivity index (χ3v) is 4.90. The standard InChI is InChI=1S/C17H22N4.ClH/c1-2-4-15-12-21-16(6-5-14(15)3-1)19-20-17(21)11-13-7-9-18-10-8-13;/h1-4,13,18H,5-12H2;1H. The van der Waals surface area contributed by atoms with Gasteiger partial charge in [0.2, 0.25) is 0 Å². The SMILES string of the molecule is Cl.c1ccc2c(c1)CCc1nnc(CC3CCNCC3)n1C2. The predicted molar refractivity (Wildman–Crippen MR) is 89.5 cm³/mol. The molecule has 0 radical (unpaired) electrons. The van der Waals surface area contributed by atoms with Crippen molar-refractivity contribution in [2.45, 2.75) is 38.6 Å². The van der Waals surface area contributed by atoms with Crippen LogP contribution in [0.2, 0.25) is 0 Å². The van der Waals surface area contributed by atoms with Crippen molar-refractivity contribution in [1.82, 2.24) is 20.1 Å². The molecule has 1 fully saturated rings. The molecular weight excluding hydrogens is 296 g/mol. The molecule has 1 aromatic carbocycles. The fourth-order valence-electron chi connectivity index (χ4n) is 3.61. The summed E-state index contributed by atoms with van der Waals surface area (Å²) in [5, 5.41) is 12.4. The van der Waals surface area contributed by atoms with E-state index in [1.165, 1.54) is 29.8 Å². The third kappa shape index (κ3) is 3.03. The van der Waals surface area contributed by atoms with Gasteiger partial charge in [-0.05, 0) is 49.4 Å². The number of hydrogen-bond donors (Lipinski definition) is 1. The first kappa shape index (κ1) is 15.5. The average molecular weight is 319 g/mol. The van der Waals surface area contributed by atoms with Crippen molar-refractivity contribution in [3.63, 3.8) is 0 Å². The molecular formula is C17H23ClN4. The van der Waals surface area contributed by atoms with Crippen LogP contribution in [0.25, 0.3) is 0 Å². The summed E-state index contributed by atoms with van der Waals surface area (Å²) in [6.45, 7) is 3.24. The first-order valence-corrected chi connectivity index (χ1v) is 8.08. The van der Waals surface area contributed by atoms with Crippen LogP contribution < -0.4 is 5.32 Å². The molecule has 1 aromatic heterocycles. The van der Waals surface area contributed by atoms with Gasteiger partial charge in [-0.3, -0.25) is 0 Å². The third-order valence-electron chi connectivity index (χ3n) is 4.90. The van der Waals surface area contributed by atoms with Gasteiger partial charge in [-0.15, -0.1) is 22.6 Å². The second-order valence-corrected chi connectivity index (χ2v) is 6.28. The zero-order valence-electron chi connectivity index (χ0n) is 12.8. The maximum atomic E-state index is 4.50. The summed E-state index contributed by atoms with van der Waals surface area (Å²) in [5.41, 5.74) is 2.90. The van der Waals surface area contributed by atoms with Gasteiger partial charge in [-0.25, -0.2) is 0 Å². The van der Waals surface area contributed by atoms with Crippen LogP contribution in [0.1, 0.15) is 35.6 Å². The van der Waals surface area contributed by atoms with E-state index < -0.39 is 0 Å². The highest BCUT2D eigenvalue weighted by Crippen LogP contribution is 2.22. The van der Waals surface area contributed by atoms with Gasteiger partial charge in [-0.2, -0.15) is 0 Å². The quantitative estimate of drug-likeness (QED) is 0.924. The molecule has 0 bridgehead atoms.